The van der Waals surface area contributed by atoms with Crippen LogP contribution in [-0.4, -0.2) is 6.21 Å². The lowest BCUT2D eigenvalue weighted by molar-refractivity contribution is 0.304. The van der Waals surface area contributed by atoms with Crippen LogP contribution in [0.25, 0.3) is 0 Å². The van der Waals surface area contributed by atoms with Crippen LogP contribution in [0.2, 0.25) is 0 Å². The Labute approximate surface area is 103 Å². The van der Waals surface area contributed by atoms with E-state index in [4.69, 9.17) is 5.26 Å². The SMILES string of the molecule is CC(C)(C)C1C=Nc2ccc(C#N)cc2CC1. The van der Waals surface area contributed by atoms with Crippen molar-refractivity contribution in [3.8, 4) is 6.07 Å². The van der Waals surface area contributed by atoms with Crippen LogP contribution in [0, 0.1) is 22.7 Å². The summed E-state index contributed by atoms with van der Waals surface area (Å²) in [5.41, 5.74) is 3.21. The van der Waals surface area contributed by atoms with Gasteiger partial charge in [0.1, 0.15) is 0 Å². The zero-order valence-corrected chi connectivity index (χ0v) is 10.7. The zero-order chi connectivity index (χ0) is 12.5. The molecule has 0 spiro atoms. The van der Waals surface area contributed by atoms with Crippen LogP contribution in [0.4, 0.5) is 5.69 Å². The smallest absolute Gasteiger partial charge is 0.0991 e. The van der Waals surface area contributed by atoms with Crippen LogP contribution in [0.1, 0.15) is 38.3 Å². The van der Waals surface area contributed by atoms with Crippen molar-refractivity contribution in [1.29, 1.82) is 5.26 Å². The minimum absolute atomic E-state index is 0.254. The van der Waals surface area contributed by atoms with Gasteiger partial charge in [0.05, 0.1) is 17.3 Å². The van der Waals surface area contributed by atoms with Gasteiger partial charge in [-0.25, -0.2) is 0 Å². The van der Waals surface area contributed by atoms with Crippen LogP contribution in [-0.2, 0) is 6.42 Å². The predicted octanol–water partition coefficient (Wildman–Crippen LogP) is 3.87. The minimum Gasteiger partial charge on any atom is -0.261 e. The molecule has 1 aromatic rings. The highest BCUT2D eigenvalue weighted by Crippen LogP contribution is 2.33. The number of benzene rings is 1. The highest BCUT2D eigenvalue weighted by molar-refractivity contribution is 5.69. The van der Waals surface area contributed by atoms with E-state index < -0.39 is 0 Å². The first kappa shape index (κ1) is 11.9. The molecule has 0 aliphatic carbocycles. The van der Waals surface area contributed by atoms with Gasteiger partial charge < -0.3 is 0 Å². The number of hydrogen-bond donors (Lipinski definition) is 0. The standard InChI is InChI=1S/C15H18N2/c1-15(2,3)13-6-5-12-8-11(9-16)4-7-14(12)17-10-13/h4,7-8,10,13H,5-6H2,1-3H3. The van der Waals surface area contributed by atoms with E-state index in [2.05, 4.69) is 38.0 Å². The summed E-state index contributed by atoms with van der Waals surface area (Å²) in [7, 11) is 0. The number of aliphatic imine (C=N–C) groups is 1. The van der Waals surface area contributed by atoms with Crippen molar-refractivity contribution in [3.63, 3.8) is 0 Å². The van der Waals surface area contributed by atoms with Gasteiger partial charge in [0.25, 0.3) is 0 Å². The number of rotatable bonds is 0. The lowest BCUT2D eigenvalue weighted by Crippen LogP contribution is -2.21. The summed E-state index contributed by atoms with van der Waals surface area (Å²) in [5.74, 6) is 0.500. The molecule has 0 bridgehead atoms. The quantitative estimate of drug-likeness (QED) is 0.661. The van der Waals surface area contributed by atoms with Gasteiger partial charge in [0.15, 0.2) is 0 Å². The fourth-order valence-corrected chi connectivity index (χ4v) is 2.19. The molecule has 0 N–H and O–H groups in total. The second-order valence-electron chi connectivity index (χ2n) is 5.74. The molecule has 2 nitrogen and oxygen atoms in total. The number of nitrogens with zero attached hydrogens (tertiary/aromatic N) is 2. The Kier molecular flexibility index (Phi) is 3.02. The third-order valence-electron chi connectivity index (χ3n) is 3.44. The molecule has 0 amide bonds. The zero-order valence-electron chi connectivity index (χ0n) is 10.7. The topological polar surface area (TPSA) is 36.1 Å². The van der Waals surface area contributed by atoms with E-state index >= 15 is 0 Å². The minimum atomic E-state index is 0.254. The molecule has 88 valence electrons. The van der Waals surface area contributed by atoms with Gasteiger partial charge in [-0.1, -0.05) is 20.8 Å². The van der Waals surface area contributed by atoms with Crippen LogP contribution in [0.15, 0.2) is 23.2 Å². The summed E-state index contributed by atoms with van der Waals surface area (Å²) in [6.45, 7) is 6.75. The highest BCUT2D eigenvalue weighted by atomic mass is 14.7. The Balaban J connectivity index is 2.31. The van der Waals surface area contributed by atoms with Gasteiger partial charge in [0.2, 0.25) is 0 Å². The van der Waals surface area contributed by atoms with Gasteiger partial charge in [-0.15, -0.1) is 0 Å². The highest BCUT2D eigenvalue weighted by Gasteiger charge is 2.24. The molecule has 0 saturated heterocycles. The molecule has 1 heterocycles. The van der Waals surface area contributed by atoms with E-state index in [9.17, 15) is 0 Å². The molecule has 0 radical (unpaired) electrons. The van der Waals surface area contributed by atoms with Gasteiger partial charge in [-0.05, 0) is 47.9 Å². The third-order valence-corrected chi connectivity index (χ3v) is 3.44. The largest absolute Gasteiger partial charge is 0.261 e. The molecule has 1 atom stereocenters. The summed E-state index contributed by atoms with van der Waals surface area (Å²) in [6.07, 6.45) is 4.19. The molecule has 1 aliphatic rings. The number of nitriles is 1. The van der Waals surface area contributed by atoms with Crippen molar-refractivity contribution >= 4 is 11.9 Å². The van der Waals surface area contributed by atoms with E-state index in [-0.39, 0.29) is 5.41 Å². The first-order chi connectivity index (χ1) is 8.00. The van der Waals surface area contributed by atoms with E-state index in [1.807, 2.05) is 18.2 Å². The molecule has 2 rings (SSSR count). The molecule has 0 aromatic heterocycles. The second-order valence-corrected chi connectivity index (χ2v) is 5.74. The monoisotopic (exact) mass is 226 g/mol. The van der Waals surface area contributed by atoms with Crippen LogP contribution in [0.5, 0.6) is 0 Å². The third kappa shape index (κ3) is 2.55. The second kappa shape index (κ2) is 4.33. The van der Waals surface area contributed by atoms with E-state index in [0.717, 1.165) is 24.1 Å². The molecule has 0 fully saturated rings. The van der Waals surface area contributed by atoms with Crippen LogP contribution >= 0.6 is 0 Å². The molecule has 2 heteroatoms. The van der Waals surface area contributed by atoms with Crippen molar-refractivity contribution in [2.45, 2.75) is 33.6 Å². The predicted molar refractivity (Wildman–Crippen MR) is 70.6 cm³/mol. The van der Waals surface area contributed by atoms with Crippen molar-refractivity contribution in [1.82, 2.24) is 0 Å². The maximum absolute atomic E-state index is 8.90. The van der Waals surface area contributed by atoms with Gasteiger partial charge in [-0.3, -0.25) is 4.99 Å². The van der Waals surface area contributed by atoms with Crippen molar-refractivity contribution < 1.29 is 0 Å². The summed E-state index contributed by atoms with van der Waals surface area (Å²) < 4.78 is 0. The maximum Gasteiger partial charge on any atom is 0.0991 e. The number of aryl methyl sites for hydroxylation is 1. The summed E-state index contributed by atoms with van der Waals surface area (Å²) in [6, 6.07) is 7.95. The van der Waals surface area contributed by atoms with Crippen molar-refractivity contribution in [2.75, 3.05) is 0 Å². The summed E-state index contributed by atoms with van der Waals surface area (Å²) in [5, 5.41) is 8.90. The molecule has 0 saturated carbocycles. The van der Waals surface area contributed by atoms with E-state index in [0.29, 0.717) is 5.92 Å². The van der Waals surface area contributed by atoms with E-state index in [1.54, 1.807) is 0 Å². The average Bonchev–Trinajstić information content (AvgIpc) is 2.49. The lowest BCUT2D eigenvalue weighted by atomic mass is 9.78. The summed E-state index contributed by atoms with van der Waals surface area (Å²) in [4.78, 5) is 4.58. The fourth-order valence-electron chi connectivity index (χ4n) is 2.19. The van der Waals surface area contributed by atoms with Crippen LogP contribution < -0.4 is 0 Å². The van der Waals surface area contributed by atoms with Crippen molar-refractivity contribution in [3.05, 3.63) is 29.3 Å². The number of fused-ring (bicyclic) bond motifs is 1. The van der Waals surface area contributed by atoms with E-state index in [1.165, 1.54) is 5.56 Å². The Morgan fingerprint density at radius 3 is 2.76 bits per heavy atom. The Morgan fingerprint density at radius 1 is 1.35 bits per heavy atom. The van der Waals surface area contributed by atoms with Crippen molar-refractivity contribution in [2.24, 2.45) is 16.3 Å². The first-order valence-electron chi connectivity index (χ1n) is 6.08. The lowest BCUT2D eigenvalue weighted by Gasteiger charge is -2.26. The first-order valence-corrected chi connectivity index (χ1v) is 6.08. The number of hydrogen-bond acceptors (Lipinski definition) is 2. The molecule has 1 aromatic carbocycles. The molecular weight excluding hydrogens is 208 g/mol. The molecular formula is C15H18N2. The average molecular weight is 226 g/mol. The normalized spacial score (nSPS) is 19.3. The molecule has 1 aliphatic heterocycles. The van der Waals surface area contributed by atoms with Crippen LogP contribution in [0.3, 0.4) is 0 Å². The van der Waals surface area contributed by atoms with Gasteiger partial charge in [0, 0.05) is 6.21 Å². The summed E-state index contributed by atoms with van der Waals surface area (Å²) >= 11 is 0. The fraction of sp³-hybridized carbons (Fsp3) is 0.467. The Morgan fingerprint density at radius 2 is 2.12 bits per heavy atom. The van der Waals surface area contributed by atoms with Gasteiger partial charge in [-0.2, -0.15) is 5.26 Å². The Hall–Kier alpha value is -1.62. The molecule has 17 heavy (non-hydrogen) atoms. The maximum atomic E-state index is 8.90. The molecule has 1 unspecified atom stereocenters. The Bertz CT molecular complexity index is 487. The van der Waals surface area contributed by atoms with Gasteiger partial charge >= 0.3 is 0 Å².